The van der Waals surface area contributed by atoms with Gasteiger partial charge in [0.2, 0.25) is 0 Å². The van der Waals surface area contributed by atoms with Crippen LogP contribution in [-0.2, 0) is 6.42 Å². The quantitative estimate of drug-likeness (QED) is 0.680. The number of H-pyrrole nitrogens is 1. The molecule has 3 heterocycles. The zero-order chi connectivity index (χ0) is 12.2. The predicted molar refractivity (Wildman–Crippen MR) is 64.9 cm³/mol. The van der Waals surface area contributed by atoms with Crippen molar-refractivity contribution in [2.45, 2.75) is 31.2 Å². The molecular formula is C11H13N7. The van der Waals surface area contributed by atoms with Crippen LogP contribution < -0.4 is 5.73 Å². The van der Waals surface area contributed by atoms with Gasteiger partial charge in [0, 0.05) is 12.0 Å². The Kier molecular flexibility index (Phi) is 1.80. The topological polar surface area (TPSA) is 97.8 Å². The van der Waals surface area contributed by atoms with Crippen LogP contribution in [0.2, 0.25) is 0 Å². The second kappa shape index (κ2) is 3.26. The highest BCUT2D eigenvalue weighted by Gasteiger charge is 2.34. The summed E-state index contributed by atoms with van der Waals surface area (Å²) < 4.78 is 1.90. The lowest BCUT2D eigenvalue weighted by atomic mass is 9.75. The molecule has 3 N–H and O–H groups in total. The molecule has 0 aliphatic heterocycles. The lowest BCUT2D eigenvalue weighted by molar-refractivity contribution is 0.243. The first-order valence-corrected chi connectivity index (χ1v) is 6.06. The third-order valence-corrected chi connectivity index (χ3v) is 3.76. The van der Waals surface area contributed by atoms with E-state index in [0.717, 1.165) is 36.3 Å². The van der Waals surface area contributed by atoms with E-state index in [9.17, 15) is 0 Å². The Morgan fingerprint density at radius 3 is 3.00 bits per heavy atom. The summed E-state index contributed by atoms with van der Waals surface area (Å²) in [4.78, 5) is 11.4. The molecule has 3 aromatic heterocycles. The number of aromatic nitrogens is 6. The highest BCUT2D eigenvalue weighted by Crippen LogP contribution is 2.32. The van der Waals surface area contributed by atoms with Crippen molar-refractivity contribution >= 4 is 16.8 Å². The summed E-state index contributed by atoms with van der Waals surface area (Å²) in [5.74, 6) is 0.871. The maximum absolute atomic E-state index is 6.26. The number of hydrogen-bond acceptors (Lipinski definition) is 5. The molecule has 4 rings (SSSR count). The van der Waals surface area contributed by atoms with E-state index in [2.05, 4.69) is 25.1 Å². The molecule has 0 bridgehead atoms. The summed E-state index contributed by atoms with van der Waals surface area (Å²) in [5.41, 5.74) is 8.39. The average molecular weight is 243 g/mol. The molecule has 1 fully saturated rings. The molecule has 7 nitrogen and oxygen atoms in total. The summed E-state index contributed by atoms with van der Waals surface area (Å²) >= 11 is 0. The first kappa shape index (κ1) is 9.95. The van der Waals surface area contributed by atoms with Crippen LogP contribution in [0.15, 0.2) is 12.7 Å². The molecule has 7 heteroatoms. The fourth-order valence-corrected chi connectivity index (χ4v) is 2.52. The van der Waals surface area contributed by atoms with Crippen molar-refractivity contribution in [1.82, 2.24) is 29.5 Å². The molecule has 1 aliphatic rings. The average Bonchev–Trinajstić information content (AvgIpc) is 2.92. The van der Waals surface area contributed by atoms with Crippen molar-refractivity contribution < 1.29 is 0 Å². The molecule has 92 valence electrons. The maximum Gasteiger partial charge on any atom is 0.189 e. The second-order valence-electron chi connectivity index (χ2n) is 5.05. The number of nitrogens with two attached hydrogens (primary N) is 1. The Morgan fingerprint density at radius 2 is 2.22 bits per heavy atom. The maximum atomic E-state index is 6.26. The fraction of sp³-hybridized carbons (Fsp3) is 0.455. The van der Waals surface area contributed by atoms with Gasteiger partial charge in [0.25, 0.3) is 0 Å². The molecule has 18 heavy (non-hydrogen) atoms. The van der Waals surface area contributed by atoms with Gasteiger partial charge in [0.1, 0.15) is 17.7 Å². The van der Waals surface area contributed by atoms with Gasteiger partial charge in [-0.3, -0.25) is 4.40 Å². The van der Waals surface area contributed by atoms with Gasteiger partial charge in [0.05, 0.1) is 6.33 Å². The van der Waals surface area contributed by atoms with Crippen molar-refractivity contribution in [3.8, 4) is 0 Å². The highest BCUT2D eigenvalue weighted by atomic mass is 15.3. The van der Waals surface area contributed by atoms with E-state index < -0.39 is 0 Å². The Labute approximate surface area is 102 Å². The molecule has 0 unspecified atom stereocenters. The van der Waals surface area contributed by atoms with Crippen molar-refractivity contribution in [2.24, 2.45) is 5.73 Å². The normalized spacial score (nSPS) is 18.3. The molecule has 0 aromatic carbocycles. The van der Waals surface area contributed by atoms with E-state index in [1.807, 2.05) is 4.40 Å². The smallest absolute Gasteiger partial charge is 0.189 e. The number of nitrogens with zero attached hydrogens (tertiary/aromatic N) is 5. The van der Waals surface area contributed by atoms with Crippen LogP contribution >= 0.6 is 0 Å². The second-order valence-corrected chi connectivity index (χ2v) is 5.05. The Bertz CT molecular complexity index is 721. The first-order valence-electron chi connectivity index (χ1n) is 6.06. The summed E-state index contributed by atoms with van der Waals surface area (Å²) in [5, 5.41) is 8.44. The van der Waals surface area contributed by atoms with Crippen LogP contribution in [0.4, 0.5) is 0 Å². The molecular weight excluding hydrogens is 230 g/mol. The molecule has 3 aromatic rings. The molecule has 1 aliphatic carbocycles. The van der Waals surface area contributed by atoms with Crippen molar-refractivity contribution in [1.29, 1.82) is 0 Å². The van der Waals surface area contributed by atoms with Crippen LogP contribution in [0.1, 0.15) is 25.1 Å². The minimum Gasteiger partial charge on any atom is -0.340 e. The van der Waals surface area contributed by atoms with Crippen LogP contribution in [0.3, 0.4) is 0 Å². The molecule has 0 saturated heterocycles. The summed E-state index contributed by atoms with van der Waals surface area (Å²) in [6.07, 6.45) is 7.40. The summed E-state index contributed by atoms with van der Waals surface area (Å²) in [6.45, 7) is 0. The van der Waals surface area contributed by atoms with Crippen LogP contribution in [0.25, 0.3) is 16.8 Å². The van der Waals surface area contributed by atoms with E-state index in [4.69, 9.17) is 5.73 Å². The number of imidazole rings is 1. The van der Waals surface area contributed by atoms with Gasteiger partial charge in [-0.25, -0.2) is 9.97 Å². The fourth-order valence-electron chi connectivity index (χ4n) is 2.52. The van der Waals surface area contributed by atoms with Gasteiger partial charge in [-0.15, -0.1) is 10.2 Å². The van der Waals surface area contributed by atoms with E-state index >= 15 is 0 Å². The van der Waals surface area contributed by atoms with Gasteiger partial charge >= 0.3 is 0 Å². The first-order chi connectivity index (χ1) is 8.75. The van der Waals surface area contributed by atoms with E-state index in [1.54, 1.807) is 12.7 Å². The predicted octanol–water partition coefficient (Wildman–Crippen LogP) is 0.424. The Morgan fingerprint density at radius 1 is 1.33 bits per heavy atom. The monoisotopic (exact) mass is 243 g/mol. The summed E-state index contributed by atoms with van der Waals surface area (Å²) in [6, 6.07) is 0. The lowest BCUT2D eigenvalue weighted by Gasteiger charge is -2.37. The highest BCUT2D eigenvalue weighted by molar-refractivity contribution is 5.84. The molecule has 0 radical (unpaired) electrons. The minimum absolute atomic E-state index is 0.105. The van der Waals surface area contributed by atoms with Crippen molar-refractivity contribution in [3.05, 3.63) is 18.5 Å². The molecule has 0 atom stereocenters. The van der Waals surface area contributed by atoms with E-state index in [1.165, 1.54) is 6.42 Å². The van der Waals surface area contributed by atoms with Crippen LogP contribution in [-0.4, -0.2) is 35.1 Å². The lowest BCUT2D eigenvalue weighted by Crippen LogP contribution is -2.48. The molecule has 1 saturated carbocycles. The molecule has 0 amide bonds. The molecule has 0 spiro atoms. The van der Waals surface area contributed by atoms with Crippen molar-refractivity contribution in [2.75, 3.05) is 0 Å². The van der Waals surface area contributed by atoms with E-state index in [-0.39, 0.29) is 5.54 Å². The zero-order valence-corrected chi connectivity index (χ0v) is 9.80. The standard InChI is InChI=1S/C11H13N7/c12-11(2-1-3-11)4-7-16-17-10-8-9(14-5-13-8)15-6-18(7)10/h5-6H,1-4,12H2,(H,13,14). The minimum atomic E-state index is -0.105. The van der Waals surface area contributed by atoms with Gasteiger partial charge in [0.15, 0.2) is 11.3 Å². The summed E-state index contributed by atoms with van der Waals surface area (Å²) in [7, 11) is 0. The third-order valence-electron chi connectivity index (χ3n) is 3.76. The van der Waals surface area contributed by atoms with Crippen LogP contribution in [0, 0.1) is 0 Å². The number of fused-ring (bicyclic) bond motifs is 3. The van der Waals surface area contributed by atoms with E-state index in [0.29, 0.717) is 5.65 Å². The van der Waals surface area contributed by atoms with Gasteiger partial charge in [-0.1, -0.05) is 0 Å². The Hall–Kier alpha value is -2.02. The zero-order valence-electron chi connectivity index (χ0n) is 9.80. The van der Waals surface area contributed by atoms with Gasteiger partial charge < -0.3 is 10.7 Å². The largest absolute Gasteiger partial charge is 0.340 e. The van der Waals surface area contributed by atoms with Gasteiger partial charge in [-0.05, 0) is 19.3 Å². The third kappa shape index (κ3) is 1.28. The van der Waals surface area contributed by atoms with Crippen molar-refractivity contribution in [3.63, 3.8) is 0 Å². The number of rotatable bonds is 2. The van der Waals surface area contributed by atoms with Crippen LogP contribution in [0.5, 0.6) is 0 Å². The number of hydrogen-bond donors (Lipinski definition) is 2. The Balaban J connectivity index is 1.86. The number of nitrogens with one attached hydrogen (secondary N) is 1. The van der Waals surface area contributed by atoms with Gasteiger partial charge in [-0.2, -0.15) is 0 Å². The number of aromatic amines is 1. The SMILES string of the molecule is NC1(Cc2nnc3c4[nH]cnc4ncn23)CCC1.